The van der Waals surface area contributed by atoms with Gasteiger partial charge in [0.15, 0.2) is 0 Å². The highest BCUT2D eigenvalue weighted by Crippen LogP contribution is 2.33. The molecule has 1 aromatic heterocycles. The number of nitrogens with zero attached hydrogens (tertiary/aromatic N) is 1. The van der Waals surface area contributed by atoms with Crippen LogP contribution in [0.5, 0.6) is 0 Å². The van der Waals surface area contributed by atoms with Gasteiger partial charge in [0.25, 0.3) is 0 Å². The van der Waals surface area contributed by atoms with E-state index in [-0.39, 0.29) is 17.8 Å². The number of anilines is 2. The van der Waals surface area contributed by atoms with Crippen LogP contribution < -0.4 is 11.1 Å². The first-order valence-corrected chi connectivity index (χ1v) is 14.2. The van der Waals surface area contributed by atoms with Crippen LogP contribution in [-0.2, 0) is 50.0 Å². The van der Waals surface area contributed by atoms with Crippen molar-refractivity contribution in [3.05, 3.63) is 126 Å². The number of nitrogens with one attached hydrogen (secondary N) is 1. The van der Waals surface area contributed by atoms with Crippen LogP contribution in [0.3, 0.4) is 0 Å². The van der Waals surface area contributed by atoms with E-state index in [1.807, 2.05) is 97.1 Å². The minimum atomic E-state index is -0.418. The van der Waals surface area contributed by atoms with Gasteiger partial charge in [0.1, 0.15) is 24.1 Å². The molecule has 3 N–H and O–H groups in total. The standard InChI is InChI=1S/C34H37N3O5/c1-24(38)37-31-28(17-18-36-34(31)35)19-29-32(40-21-26-13-7-3-8-14-26)33(41-22-27-15-9-4-10-16-27)30(42-29)23-39-20-25-11-5-2-6-12-25/h2-18,29-30,32-33H,19-23H2,1H3,(H2,35,36)(H,37,38)/t29-,30-,32+,33-/m1/s1. The maximum Gasteiger partial charge on any atom is 0.221 e. The molecule has 1 saturated heterocycles. The molecule has 8 heteroatoms. The number of benzene rings is 3. The monoisotopic (exact) mass is 567 g/mol. The third kappa shape index (κ3) is 8.02. The normalized spacial score (nSPS) is 19.9. The van der Waals surface area contributed by atoms with Crippen LogP contribution in [0, 0.1) is 0 Å². The molecule has 4 aromatic rings. The Balaban J connectivity index is 1.40. The maximum absolute atomic E-state index is 12.0. The molecule has 0 saturated carbocycles. The lowest BCUT2D eigenvalue weighted by Gasteiger charge is -2.26. The molecule has 1 fully saturated rings. The second-order valence-electron chi connectivity index (χ2n) is 10.4. The molecule has 0 radical (unpaired) electrons. The molecule has 0 bridgehead atoms. The van der Waals surface area contributed by atoms with Gasteiger partial charge in [-0.1, -0.05) is 91.0 Å². The second kappa shape index (κ2) is 14.7. The highest BCUT2D eigenvalue weighted by molar-refractivity contribution is 5.92. The minimum Gasteiger partial charge on any atom is -0.382 e. The number of nitrogens with two attached hydrogens (primary N) is 1. The lowest BCUT2D eigenvalue weighted by Crippen LogP contribution is -2.39. The van der Waals surface area contributed by atoms with Crippen molar-refractivity contribution in [1.82, 2.24) is 4.98 Å². The first-order valence-electron chi connectivity index (χ1n) is 14.2. The number of hydrogen-bond acceptors (Lipinski definition) is 7. The molecule has 1 amide bonds. The van der Waals surface area contributed by atoms with E-state index in [2.05, 4.69) is 10.3 Å². The molecular formula is C34H37N3O5. The smallest absolute Gasteiger partial charge is 0.221 e. The van der Waals surface area contributed by atoms with Gasteiger partial charge in [0.05, 0.1) is 38.2 Å². The molecule has 218 valence electrons. The van der Waals surface area contributed by atoms with E-state index in [4.69, 9.17) is 24.7 Å². The Kier molecular flexibility index (Phi) is 10.3. The lowest BCUT2D eigenvalue weighted by molar-refractivity contribution is -0.114. The average Bonchev–Trinajstić information content (AvgIpc) is 3.33. The zero-order valence-corrected chi connectivity index (χ0v) is 23.7. The van der Waals surface area contributed by atoms with Crippen LogP contribution in [0.4, 0.5) is 11.5 Å². The minimum absolute atomic E-state index is 0.226. The number of nitrogen functional groups attached to an aromatic ring is 1. The zero-order chi connectivity index (χ0) is 29.1. The number of ether oxygens (including phenoxy) is 4. The van der Waals surface area contributed by atoms with Gasteiger partial charge in [-0.05, 0) is 28.3 Å². The fourth-order valence-electron chi connectivity index (χ4n) is 5.13. The van der Waals surface area contributed by atoms with E-state index < -0.39 is 18.3 Å². The fraction of sp³-hybridized carbons (Fsp3) is 0.294. The predicted octanol–water partition coefficient (Wildman–Crippen LogP) is 5.32. The molecule has 2 heterocycles. The molecular weight excluding hydrogens is 530 g/mol. The van der Waals surface area contributed by atoms with Gasteiger partial charge in [0, 0.05) is 19.5 Å². The molecule has 0 aliphatic carbocycles. The summed E-state index contributed by atoms with van der Waals surface area (Å²) in [6.45, 7) is 3.03. The van der Waals surface area contributed by atoms with Crippen molar-refractivity contribution in [1.29, 1.82) is 0 Å². The highest BCUT2D eigenvalue weighted by atomic mass is 16.6. The largest absolute Gasteiger partial charge is 0.382 e. The molecule has 0 unspecified atom stereocenters. The Labute approximate surface area is 246 Å². The van der Waals surface area contributed by atoms with Crippen LogP contribution in [0.1, 0.15) is 29.2 Å². The second-order valence-corrected chi connectivity index (χ2v) is 10.4. The van der Waals surface area contributed by atoms with Crippen molar-refractivity contribution < 1.29 is 23.7 Å². The quantitative estimate of drug-likeness (QED) is 0.225. The molecule has 4 atom stereocenters. The van der Waals surface area contributed by atoms with Crippen molar-refractivity contribution in [2.24, 2.45) is 0 Å². The summed E-state index contributed by atoms with van der Waals surface area (Å²) >= 11 is 0. The van der Waals surface area contributed by atoms with E-state index in [1.165, 1.54) is 6.92 Å². The summed E-state index contributed by atoms with van der Waals surface area (Å²) in [7, 11) is 0. The Hall–Kier alpha value is -4.08. The van der Waals surface area contributed by atoms with Crippen LogP contribution in [-0.4, -0.2) is 41.9 Å². The number of rotatable bonds is 13. The Morgan fingerprint density at radius 3 is 1.86 bits per heavy atom. The van der Waals surface area contributed by atoms with E-state index in [0.29, 0.717) is 38.5 Å². The molecule has 1 aliphatic heterocycles. The Bertz CT molecular complexity index is 1400. The molecule has 3 aromatic carbocycles. The van der Waals surface area contributed by atoms with Crippen molar-refractivity contribution >= 4 is 17.4 Å². The van der Waals surface area contributed by atoms with Gasteiger partial charge in [-0.15, -0.1) is 0 Å². The van der Waals surface area contributed by atoms with Gasteiger partial charge in [-0.3, -0.25) is 4.79 Å². The fourth-order valence-corrected chi connectivity index (χ4v) is 5.13. The number of carbonyl (C=O) groups is 1. The topological polar surface area (TPSA) is 105 Å². The van der Waals surface area contributed by atoms with Gasteiger partial charge in [-0.25, -0.2) is 4.98 Å². The number of pyridine rings is 1. The van der Waals surface area contributed by atoms with Crippen molar-refractivity contribution in [3.63, 3.8) is 0 Å². The predicted molar refractivity (Wildman–Crippen MR) is 161 cm³/mol. The van der Waals surface area contributed by atoms with E-state index in [0.717, 1.165) is 22.3 Å². The van der Waals surface area contributed by atoms with Gasteiger partial charge in [-0.2, -0.15) is 0 Å². The lowest BCUT2D eigenvalue weighted by atomic mass is 10.00. The summed E-state index contributed by atoms with van der Waals surface area (Å²) in [5.41, 5.74) is 10.6. The van der Waals surface area contributed by atoms with Gasteiger partial charge in [0.2, 0.25) is 5.91 Å². The summed E-state index contributed by atoms with van der Waals surface area (Å²) < 4.78 is 25.9. The summed E-state index contributed by atoms with van der Waals surface area (Å²) in [6.07, 6.45) is 0.467. The van der Waals surface area contributed by atoms with E-state index in [1.54, 1.807) is 6.20 Å². The Morgan fingerprint density at radius 1 is 0.786 bits per heavy atom. The van der Waals surface area contributed by atoms with E-state index >= 15 is 0 Å². The first kappa shape index (κ1) is 29.4. The van der Waals surface area contributed by atoms with Crippen LogP contribution >= 0.6 is 0 Å². The summed E-state index contributed by atoms with van der Waals surface area (Å²) in [6, 6.07) is 31.9. The molecule has 0 spiro atoms. The van der Waals surface area contributed by atoms with E-state index in [9.17, 15) is 4.79 Å². The average molecular weight is 568 g/mol. The van der Waals surface area contributed by atoms with Crippen LogP contribution in [0.25, 0.3) is 0 Å². The van der Waals surface area contributed by atoms with Crippen LogP contribution in [0.2, 0.25) is 0 Å². The third-order valence-corrected chi connectivity index (χ3v) is 7.16. The van der Waals surface area contributed by atoms with Crippen molar-refractivity contribution in [2.45, 2.75) is 57.6 Å². The van der Waals surface area contributed by atoms with Gasteiger partial charge < -0.3 is 30.0 Å². The molecule has 1 aliphatic rings. The molecule has 5 rings (SSSR count). The maximum atomic E-state index is 12.0. The summed E-state index contributed by atoms with van der Waals surface area (Å²) in [4.78, 5) is 16.1. The molecule has 42 heavy (non-hydrogen) atoms. The third-order valence-electron chi connectivity index (χ3n) is 7.16. The summed E-state index contributed by atoms with van der Waals surface area (Å²) in [5.74, 6) is 0.0264. The SMILES string of the molecule is CC(=O)Nc1c(C[C@H]2O[C@H](COCc3ccccc3)[C@@H](OCc3ccccc3)[C@H]2OCc2ccccc2)ccnc1N. The molecule has 8 nitrogen and oxygen atoms in total. The number of aromatic nitrogens is 1. The van der Waals surface area contributed by atoms with Crippen LogP contribution in [0.15, 0.2) is 103 Å². The van der Waals surface area contributed by atoms with Gasteiger partial charge >= 0.3 is 0 Å². The number of carbonyl (C=O) groups excluding carboxylic acids is 1. The first-order chi connectivity index (χ1) is 20.6. The Morgan fingerprint density at radius 2 is 1.31 bits per heavy atom. The van der Waals surface area contributed by atoms with Crippen molar-refractivity contribution in [2.75, 3.05) is 17.7 Å². The highest BCUT2D eigenvalue weighted by Gasteiger charge is 2.46. The number of amides is 1. The number of hydrogen-bond donors (Lipinski definition) is 2. The zero-order valence-electron chi connectivity index (χ0n) is 23.7. The van der Waals surface area contributed by atoms with Crippen molar-refractivity contribution in [3.8, 4) is 0 Å². The summed E-state index contributed by atoms with van der Waals surface area (Å²) in [5, 5.41) is 2.83.